The Balaban J connectivity index is 1.35. The van der Waals surface area contributed by atoms with Gasteiger partial charge in [0.2, 0.25) is 0 Å². The largest absolute Gasteiger partial charge is 0.494 e. The van der Waals surface area contributed by atoms with Gasteiger partial charge in [0.05, 0.1) is 22.7 Å². The summed E-state index contributed by atoms with van der Waals surface area (Å²) in [6.07, 6.45) is 4.97. The lowest BCUT2D eigenvalue weighted by Gasteiger charge is -2.28. The maximum absolute atomic E-state index is 6.53. The molecule has 0 radical (unpaired) electrons. The second-order valence-electron chi connectivity index (χ2n) is 7.94. The first-order valence-corrected chi connectivity index (χ1v) is 10.5. The number of aromatic amines is 1. The molecule has 2 aromatic carbocycles. The second-order valence-corrected chi connectivity index (χ2v) is 8.34. The summed E-state index contributed by atoms with van der Waals surface area (Å²) in [7, 11) is 2.21. The normalized spacial score (nSPS) is 16.0. The average molecular weight is 398 g/mol. The number of nitrogens with zero attached hydrogens (tertiary/aromatic N) is 2. The topological polar surface area (TPSA) is 41.1 Å². The van der Waals surface area contributed by atoms with Crippen LogP contribution in [0.1, 0.15) is 31.2 Å². The Hall–Kier alpha value is -2.04. The van der Waals surface area contributed by atoms with E-state index < -0.39 is 0 Å². The molecule has 0 amide bonds. The minimum absolute atomic E-state index is 0.657. The van der Waals surface area contributed by atoms with Crippen LogP contribution >= 0.6 is 11.6 Å². The van der Waals surface area contributed by atoms with E-state index in [1.165, 1.54) is 32.4 Å². The molecule has 5 heteroatoms. The number of H-pyrrole nitrogens is 1. The molecule has 1 N–H and O–H groups in total. The smallest absolute Gasteiger partial charge is 0.140 e. The number of aromatic nitrogens is 2. The van der Waals surface area contributed by atoms with Gasteiger partial charge in [0.15, 0.2) is 0 Å². The second kappa shape index (κ2) is 8.54. The van der Waals surface area contributed by atoms with Crippen LogP contribution in [0.25, 0.3) is 22.4 Å². The third-order valence-electron chi connectivity index (χ3n) is 5.77. The van der Waals surface area contributed by atoms with E-state index in [0.29, 0.717) is 5.02 Å². The van der Waals surface area contributed by atoms with Crippen molar-refractivity contribution in [1.82, 2.24) is 14.9 Å². The van der Waals surface area contributed by atoms with Gasteiger partial charge >= 0.3 is 0 Å². The summed E-state index contributed by atoms with van der Waals surface area (Å²) in [5.74, 6) is 2.47. The van der Waals surface area contributed by atoms with Crippen molar-refractivity contribution < 1.29 is 4.74 Å². The molecule has 1 aliphatic heterocycles. The molecule has 0 atom stereocenters. The van der Waals surface area contributed by atoms with Gasteiger partial charge in [-0.15, -0.1) is 0 Å². The lowest BCUT2D eigenvalue weighted by Crippen LogP contribution is -2.30. The van der Waals surface area contributed by atoms with Crippen LogP contribution in [0.4, 0.5) is 0 Å². The lowest BCUT2D eigenvalue weighted by atomic mass is 9.93. The summed E-state index contributed by atoms with van der Waals surface area (Å²) in [5, 5.41) is 0.657. The summed E-state index contributed by atoms with van der Waals surface area (Å²) in [5.41, 5.74) is 4.07. The van der Waals surface area contributed by atoms with Crippen LogP contribution in [0.15, 0.2) is 36.4 Å². The number of aryl methyl sites for hydroxylation is 1. The third-order valence-corrected chi connectivity index (χ3v) is 6.09. The van der Waals surface area contributed by atoms with Gasteiger partial charge in [-0.05, 0) is 88.5 Å². The first-order valence-electron chi connectivity index (χ1n) is 10.2. The number of likely N-dealkylation sites (tertiary alicyclic amines) is 1. The van der Waals surface area contributed by atoms with Gasteiger partial charge < -0.3 is 14.6 Å². The minimum Gasteiger partial charge on any atom is -0.494 e. The lowest BCUT2D eigenvalue weighted by molar-refractivity contribution is 0.200. The fourth-order valence-corrected chi connectivity index (χ4v) is 4.25. The zero-order valence-corrected chi connectivity index (χ0v) is 17.4. The zero-order valence-electron chi connectivity index (χ0n) is 16.7. The van der Waals surface area contributed by atoms with Crippen molar-refractivity contribution in [3.8, 4) is 17.1 Å². The van der Waals surface area contributed by atoms with Crippen LogP contribution in [0, 0.1) is 12.8 Å². The van der Waals surface area contributed by atoms with Gasteiger partial charge in [-0.1, -0.05) is 23.7 Å². The molecule has 4 rings (SSSR count). The predicted molar refractivity (Wildman–Crippen MR) is 116 cm³/mol. The standard InChI is InChI=1S/C23H28ClN3O/c1-16-5-3-7-21-22(16)26-23(25-21)19-9-8-18(15-20(19)24)28-14-4-6-17-10-12-27(2)13-11-17/h3,5,7-9,15,17H,4,6,10-14H2,1-2H3,(H,25,26). The summed E-state index contributed by atoms with van der Waals surface area (Å²) < 4.78 is 5.94. The Morgan fingerprint density at radius 2 is 2.04 bits per heavy atom. The molecule has 0 unspecified atom stereocenters. The molecular weight excluding hydrogens is 370 g/mol. The molecule has 1 aliphatic rings. The van der Waals surface area contributed by atoms with Crippen molar-refractivity contribution in [2.75, 3.05) is 26.7 Å². The van der Waals surface area contributed by atoms with Gasteiger partial charge in [0.25, 0.3) is 0 Å². The van der Waals surface area contributed by atoms with E-state index in [2.05, 4.69) is 29.9 Å². The number of rotatable bonds is 6. The molecule has 0 aliphatic carbocycles. The molecule has 4 nitrogen and oxygen atoms in total. The molecule has 0 bridgehead atoms. The summed E-state index contributed by atoms with van der Waals surface area (Å²) >= 11 is 6.53. The number of benzene rings is 2. The van der Waals surface area contributed by atoms with Crippen molar-refractivity contribution in [3.63, 3.8) is 0 Å². The summed E-state index contributed by atoms with van der Waals surface area (Å²) in [4.78, 5) is 10.5. The van der Waals surface area contributed by atoms with E-state index in [9.17, 15) is 0 Å². The van der Waals surface area contributed by atoms with E-state index in [-0.39, 0.29) is 0 Å². The minimum atomic E-state index is 0.657. The molecule has 1 aromatic heterocycles. The highest BCUT2D eigenvalue weighted by Crippen LogP contribution is 2.31. The summed E-state index contributed by atoms with van der Waals surface area (Å²) in [6, 6.07) is 12.0. The third kappa shape index (κ3) is 4.34. The highest BCUT2D eigenvalue weighted by molar-refractivity contribution is 6.33. The fourth-order valence-electron chi connectivity index (χ4n) is 3.99. The van der Waals surface area contributed by atoms with E-state index in [1.807, 2.05) is 30.3 Å². The van der Waals surface area contributed by atoms with Crippen molar-refractivity contribution in [3.05, 3.63) is 47.0 Å². The first-order chi connectivity index (χ1) is 13.6. The number of piperidine rings is 1. The van der Waals surface area contributed by atoms with Crippen molar-refractivity contribution in [2.45, 2.75) is 32.6 Å². The number of hydrogen-bond donors (Lipinski definition) is 1. The van der Waals surface area contributed by atoms with Gasteiger partial charge in [-0.25, -0.2) is 4.98 Å². The molecule has 0 spiro atoms. The van der Waals surface area contributed by atoms with Gasteiger partial charge in [-0.2, -0.15) is 0 Å². The van der Waals surface area contributed by atoms with Gasteiger partial charge in [0.1, 0.15) is 11.6 Å². The Kier molecular flexibility index (Phi) is 5.88. The maximum atomic E-state index is 6.53. The van der Waals surface area contributed by atoms with Gasteiger partial charge in [-0.3, -0.25) is 0 Å². The van der Waals surface area contributed by atoms with Crippen molar-refractivity contribution >= 4 is 22.6 Å². The molecule has 1 saturated heterocycles. The molecule has 0 saturated carbocycles. The maximum Gasteiger partial charge on any atom is 0.140 e. The van der Waals surface area contributed by atoms with Crippen molar-refractivity contribution in [1.29, 1.82) is 0 Å². The SMILES string of the molecule is Cc1cccc2[nH]c(-c3ccc(OCCCC4CCN(C)CC4)cc3Cl)nc12. The van der Waals surface area contributed by atoms with Crippen molar-refractivity contribution in [2.24, 2.45) is 5.92 Å². The quantitative estimate of drug-likeness (QED) is 0.543. The number of hydrogen-bond acceptors (Lipinski definition) is 3. The van der Waals surface area contributed by atoms with E-state index in [0.717, 1.165) is 52.7 Å². The molecular formula is C23H28ClN3O. The molecule has 2 heterocycles. The number of halogens is 1. The number of ether oxygens (including phenoxy) is 1. The fraction of sp³-hybridized carbons (Fsp3) is 0.435. The Labute approximate surface area is 171 Å². The van der Waals surface area contributed by atoms with Crippen LogP contribution in [-0.4, -0.2) is 41.6 Å². The highest BCUT2D eigenvalue weighted by Gasteiger charge is 2.16. The van der Waals surface area contributed by atoms with Crippen LogP contribution in [-0.2, 0) is 0 Å². The van der Waals surface area contributed by atoms with E-state index >= 15 is 0 Å². The van der Waals surface area contributed by atoms with Gasteiger partial charge in [0, 0.05) is 5.56 Å². The Bertz CT molecular complexity index is 944. The molecule has 28 heavy (non-hydrogen) atoms. The first kappa shape index (κ1) is 19.3. The highest BCUT2D eigenvalue weighted by atomic mass is 35.5. The number of nitrogens with one attached hydrogen (secondary N) is 1. The monoisotopic (exact) mass is 397 g/mol. The summed E-state index contributed by atoms with van der Waals surface area (Å²) in [6.45, 7) is 5.26. The predicted octanol–water partition coefficient (Wildman–Crippen LogP) is 5.69. The Morgan fingerprint density at radius 1 is 1.21 bits per heavy atom. The average Bonchev–Trinajstić information content (AvgIpc) is 3.12. The van der Waals surface area contributed by atoms with E-state index in [4.69, 9.17) is 21.3 Å². The zero-order chi connectivity index (χ0) is 19.5. The number of para-hydroxylation sites is 1. The van der Waals surface area contributed by atoms with Crippen LogP contribution < -0.4 is 4.74 Å². The molecule has 1 fully saturated rings. The number of fused-ring (bicyclic) bond motifs is 1. The van der Waals surface area contributed by atoms with Crippen LogP contribution in [0.3, 0.4) is 0 Å². The van der Waals surface area contributed by atoms with E-state index in [1.54, 1.807) is 0 Å². The molecule has 148 valence electrons. The Morgan fingerprint density at radius 3 is 2.79 bits per heavy atom. The number of imidazole rings is 1. The van der Waals surface area contributed by atoms with Crippen LogP contribution in [0.2, 0.25) is 5.02 Å². The molecule has 3 aromatic rings. The van der Waals surface area contributed by atoms with Crippen LogP contribution in [0.5, 0.6) is 5.75 Å².